The number of aryl methyl sites for hydroxylation is 2. The molecule has 1 unspecified atom stereocenters. The first-order valence-electron chi connectivity index (χ1n) is 5.45. The van der Waals surface area contributed by atoms with E-state index in [0.29, 0.717) is 0 Å². The molecule has 1 rings (SSSR count). The average Bonchev–Trinajstić information content (AvgIpc) is 2.29. The molecule has 0 aromatic heterocycles. The number of esters is 1. The summed E-state index contributed by atoms with van der Waals surface area (Å²) in [6, 6.07) is 3.43. The highest BCUT2D eigenvalue weighted by molar-refractivity contribution is 5.77. The number of rotatable bonds is 4. The third kappa shape index (κ3) is 2.77. The fourth-order valence-electron chi connectivity index (χ4n) is 2.01. The van der Waals surface area contributed by atoms with Gasteiger partial charge in [0.1, 0.15) is 11.8 Å². The van der Waals surface area contributed by atoms with Crippen LogP contribution in [0.4, 0.5) is 0 Å². The molecule has 0 heterocycles. The van der Waals surface area contributed by atoms with Crippen molar-refractivity contribution in [2.24, 2.45) is 0 Å². The lowest BCUT2D eigenvalue weighted by Gasteiger charge is -2.17. The van der Waals surface area contributed by atoms with Crippen LogP contribution in [0, 0.1) is 13.8 Å². The predicted molar refractivity (Wildman–Crippen MR) is 66.3 cm³/mol. The molecule has 0 bridgehead atoms. The van der Waals surface area contributed by atoms with E-state index in [1.807, 2.05) is 26.0 Å². The van der Waals surface area contributed by atoms with Gasteiger partial charge in [0.2, 0.25) is 0 Å². The number of carbonyl (C=O) groups excluding carboxylic acids is 1. The number of benzene rings is 1. The Balaban J connectivity index is 3.18. The summed E-state index contributed by atoms with van der Waals surface area (Å²) in [6.45, 7) is 3.92. The van der Waals surface area contributed by atoms with Crippen LogP contribution in [-0.4, -0.2) is 27.2 Å². The summed E-state index contributed by atoms with van der Waals surface area (Å²) in [5.74, 6) is 0.560. The molecule has 4 nitrogen and oxygen atoms in total. The van der Waals surface area contributed by atoms with Crippen molar-refractivity contribution in [3.8, 4) is 5.75 Å². The molecule has 94 valence electrons. The van der Waals surface area contributed by atoms with Gasteiger partial charge < -0.3 is 14.8 Å². The summed E-state index contributed by atoms with van der Waals surface area (Å²) in [4.78, 5) is 11.6. The van der Waals surface area contributed by atoms with Gasteiger partial charge in [0, 0.05) is 0 Å². The monoisotopic (exact) mass is 237 g/mol. The summed E-state index contributed by atoms with van der Waals surface area (Å²) in [5, 5.41) is 2.95. The largest absolute Gasteiger partial charge is 0.496 e. The van der Waals surface area contributed by atoms with Crippen LogP contribution < -0.4 is 10.1 Å². The van der Waals surface area contributed by atoms with Gasteiger partial charge in [0.05, 0.1) is 14.2 Å². The lowest BCUT2D eigenvalue weighted by Crippen LogP contribution is -2.26. The SMILES string of the molecule is CNC(C(=O)OC)c1cc(C)c(OC)c(C)c1. The maximum atomic E-state index is 11.6. The first kappa shape index (κ1) is 13.5. The second-order valence-electron chi connectivity index (χ2n) is 3.93. The van der Waals surface area contributed by atoms with E-state index in [-0.39, 0.29) is 5.97 Å². The summed E-state index contributed by atoms with van der Waals surface area (Å²) < 4.78 is 10.1. The second-order valence-corrected chi connectivity index (χ2v) is 3.93. The van der Waals surface area contributed by atoms with Gasteiger partial charge in [0.15, 0.2) is 0 Å². The predicted octanol–water partition coefficient (Wildman–Crippen LogP) is 1.75. The van der Waals surface area contributed by atoms with Gasteiger partial charge in [-0.1, -0.05) is 12.1 Å². The van der Waals surface area contributed by atoms with Gasteiger partial charge in [-0.15, -0.1) is 0 Å². The lowest BCUT2D eigenvalue weighted by molar-refractivity contribution is -0.143. The maximum absolute atomic E-state index is 11.6. The van der Waals surface area contributed by atoms with Crippen molar-refractivity contribution in [2.75, 3.05) is 21.3 Å². The van der Waals surface area contributed by atoms with Gasteiger partial charge in [-0.3, -0.25) is 0 Å². The van der Waals surface area contributed by atoms with Crippen LogP contribution in [0.3, 0.4) is 0 Å². The molecular weight excluding hydrogens is 218 g/mol. The highest BCUT2D eigenvalue weighted by atomic mass is 16.5. The van der Waals surface area contributed by atoms with Crippen molar-refractivity contribution < 1.29 is 14.3 Å². The summed E-state index contributed by atoms with van der Waals surface area (Å²) in [7, 11) is 4.76. The van der Waals surface area contributed by atoms with Gasteiger partial charge in [-0.25, -0.2) is 4.79 Å². The molecule has 0 amide bonds. The average molecular weight is 237 g/mol. The first-order chi connectivity index (χ1) is 8.04. The molecule has 0 spiro atoms. The zero-order valence-electron chi connectivity index (χ0n) is 11.0. The minimum absolute atomic E-state index is 0.295. The Labute approximate surface area is 102 Å². The Morgan fingerprint density at radius 3 is 2.12 bits per heavy atom. The van der Waals surface area contributed by atoms with E-state index in [9.17, 15) is 4.79 Å². The van der Waals surface area contributed by atoms with Gasteiger partial charge in [0.25, 0.3) is 0 Å². The molecule has 0 aliphatic heterocycles. The molecule has 1 N–H and O–H groups in total. The maximum Gasteiger partial charge on any atom is 0.327 e. The van der Waals surface area contributed by atoms with E-state index in [2.05, 4.69) is 5.32 Å². The van der Waals surface area contributed by atoms with Crippen molar-refractivity contribution in [1.29, 1.82) is 0 Å². The third-order valence-corrected chi connectivity index (χ3v) is 2.75. The van der Waals surface area contributed by atoms with Crippen molar-refractivity contribution in [2.45, 2.75) is 19.9 Å². The Morgan fingerprint density at radius 1 is 1.24 bits per heavy atom. The van der Waals surface area contributed by atoms with Crippen LogP contribution >= 0.6 is 0 Å². The van der Waals surface area contributed by atoms with Gasteiger partial charge in [-0.2, -0.15) is 0 Å². The number of hydrogen-bond donors (Lipinski definition) is 1. The van der Waals surface area contributed by atoms with Crippen LogP contribution in [0.5, 0.6) is 5.75 Å². The molecule has 1 aromatic carbocycles. The summed E-state index contributed by atoms with van der Waals surface area (Å²) >= 11 is 0. The number of ether oxygens (including phenoxy) is 2. The number of methoxy groups -OCH3 is 2. The number of nitrogens with one attached hydrogen (secondary N) is 1. The Bertz CT molecular complexity index is 392. The molecular formula is C13H19NO3. The van der Waals surface area contributed by atoms with Crippen LogP contribution in [0.25, 0.3) is 0 Å². The fourth-order valence-corrected chi connectivity index (χ4v) is 2.01. The minimum atomic E-state index is -0.441. The van der Waals surface area contributed by atoms with Crippen molar-refractivity contribution in [1.82, 2.24) is 5.32 Å². The Morgan fingerprint density at radius 2 is 1.76 bits per heavy atom. The van der Waals surface area contributed by atoms with E-state index in [1.54, 1.807) is 14.2 Å². The molecule has 0 aliphatic rings. The van der Waals surface area contributed by atoms with Crippen LogP contribution in [0.2, 0.25) is 0 Å². The number of likely N-dealkylation sites (N-methyl/N-ethyl adjacent to an activating group) is 1. The molecule has 0 saturated heterocycles. The van der Waals surface area contributed by atoms with Gasteiger partial charge >= 0.3 is 5.97 Å². The number of carbonyl (C=O) groups is 1. The topological polar surface area (TPSA) is 47.6 Å². The smallest absolute Gasteiger partial charge is 0.327 e. The Hall–Kier alpha value is -1.55. The second kappa shape index (κ2) is 5.68. The molecule has 0 fully saturated rings. The van der Waals surface area contributed by atoms with Crippen LogP contribution in [-0.2, 0) is 9.53 Å². The molecule has 17 heavy (non-hydrogen) atoms. The quantitative estimate of drug-likeness (QED) is 0.810. The van der Waals surface area contributed by atoms with Crippen molar-refractivity contribution >= 4 is 5.97 Å². The normalized spacial score (nSPS) is 12.1. The highest BCUT2D eigenvalue weighted by Crippen LogP contribution is 2.27. The van der Waals surface area contributed by atoms with Gasteiger partial charge in [-0.05, 0) is 37.6 Å². The highest BCUT2D eigenvalue weighted by Gasteiger charge is 2.20. The van der Waals surface area contributed by atoms with E-state index < -0.39 is 6.04 Å². The molecule has 4 heteroatoms. The molecule has 0 saturated carbocycles. The fraction of sp³-hybridized carbons (Fsp3) is 0.462. The van der Waals surface area contributed by atoms with Crippen LogP contribution in [0.15, 0.2) is 12.1 Å². The number of hydrogen-bond acceptors (Lipinski definition) is 4. The minimum Gasteiger partial charge on any atom is -0.496 e. The summed E-state index contributed by atoms with van der Waals surface area (Å²) in [5.41, 5.74) is 2.90. The van der Waals surface area contributed by atoms with E-state index in [1.165, 1.54) is 7.11 Å². The zero-order valence-corrected chi connectivity index (χ0v) is 11.0. The van der Waals surface area contributed by atoms with E-state index >= 15 is 0 Å². The molecule has 0 radical (unpaired) electrons. The van der Waals surface area contributed by atoms with Crippen molar-refractivity contribution in [3.05, 3.63) is 28.8 Å². The first-order valence-corrected chi connectivity index (χ1v) is 5.45. The van der Waals surface area contributed by atoms with E-state index in [4.69, 9.17) is 9.47 Å². The molecule has 0 aliphatic carbocycles. The lowest BCUT2D eigenvalue weighted by atomic mass is 10.0. The van der Waals surface area contributed by atoms with E-state index in [0.717, 1.165) is 22.4 Å². The summed E-state index contributed by atoms with van der Waals surface area (Å²) in [6.07, 6.45) is 0. The third-order valence-electron chi connectivity index (χ3n) is 2.75. The Kier molecular flexibility index (Phi) is 4.52. The van der Waals surface area contributed by atoms with Crippen molar-refractivity contribution in [3.63, 3.8) is 0 Å². The van der Waals surface area contributed by atoms with Crippen LogP contribution in [0.1, 0.15) is 22.7 Å². The zero-order chi connectivity index (χ0) is 13.0. The molecule has 1 aromatic rings. The standard InChI is InChI=1S/C13H19NO3/c1-8-6-10(7-9(2)12(8)16-4)11(14-3)13(15)17-5/h6-7,11,14H,1-5H3. The molecule has 1 atom stereocenters.